The summed E-state index contributed by atoms with van der Waals surface area (Å²) >= 11 is 0. The van der Waals surface area contributed by atoms with Crippen molar-refractivity contribution in [3.8, 4) is 0 Å². The van der Waals surface area contributed by atoms with E-state index in [4.69, 9.17) is 9.84 Å². The number of carbonyl (C=O) groups is 1. The molecule has 0 spiro atoms. The molecule has 188 valence electrons. The molecule has 0 aliphatic carbocycles. The topological polar surface area (TPSA) is 58.6 Å². The van der Waals surface area contributed by atoms with Gasteiger partial charge in [0.25, 0.3) is 0 Å². The van der Waals surface area contributed by atoms with E-state index < -0.39 is 0 Å². The Morgan fingerprint density at radius 3 is 1.35 bits per heavy atom. The van der Waals surface area contributed by atoms with Crippen LogP contribution in [-0.4, -0.2) is 31.0 Å². The predicted molar refractivity (Wildman–Crippen MR) is 135 cm³/mol. The minimum Gasteiger partial charge on any atom is -0.381 e. The zero-order chi connectivity index (χ0) is 23.6. The number of ether oxygens (including phenoxy) is 1. The van der Waals surface area contributed by atoms with Crippen LogP contribution < -0.4 is 5.32 Å². The van der Waals surface area contributed by atoms with Gasteiger partial charge in [0.15, 0.2) is 0 Å². The fraction of sp³-hybridized carbons (Fsp3) is 0.963. The van der Waals surface area contributed by atoms with Crippen molar-refractivity contribution in [3.05, 3.63) is 0 Å². The van der Waals surface area contributed by atoms with Crippen molar-refractivity contribution >= 4 is 5.91 Å². The number of nitrogens with one attached hydrogen (secondary N) is 1. The van der Waals surface area contributed by atoms with E-state index in [1.807, 2.05) is 0 Å². The van der Waals surface area contributed by atoms with Crippen LogP contribution in [-0.2, 0) is 9.53 Å². The monoisotopic (exact) mass is 443 g/mol. The fourth-order valence-electron chi connectivity index (χ4n) is 3.37. The van der Waals surface area contributed by atoms with Gasteiger partial charge in [0.05, 0.1) is 0 Å². The summed E-state index contributed by atoms with van der Waals surface area (Å²) < 4.78 is 5.36. The molecule has 0 fully saturated rings. The number of unbranched alkanes of at least 4 members (excludes halogenated alkanes) is 14. The summed E-state index contributed by atoms with van der Waals surface area (Å²) in [6.07, 6.45) is 20.6. The van der Waals surface area contributed by atoms with Crippen LogP contribution >= 0.6 is 0 Å². The first-order valence-electron chi connectivity index (χ1n) is 13.4. The number of rotatable bonds is 21. The summed E-state index contributed by atoms with van der Waals surface area (Å²) in [6, 6.07) is 0. The lowest BCUT2D eigenvalue weighted by atomic mass is 10.0. The van der Waals surface area contributed by atoms with Crippen molar-refractivity contribution in [1.82, 2.24) is 5.32 Å². The Bertz CT molecular complexity index is 337. The van der Waals surface area contributed by atoms with Crippen molar-refractivity contribution in [2.24, 2.45) is 11.8 Å². The zero-order valence-corrected chi connectivity index (χ0v) is 21.9. The summed E-state index contributed by atoms with van der Waals surface area (Å²) in [6.45, 7) is 12.5. The summed E-state index contributed by atoms with van der Waals surface area (Å²) in [5, 5.41) is 10.9. The molecule has 0 radical (unpaired) electrons. The molecule has 0 atom stereocenters. The highest BCUT2D eigenvalue weighted by Gasteiger charge is 1.99. The standard InChI is InChI=1S/C19H39NO2.C8H18O/c1-2-3-4-5-6-7-8-9-10-11-12-13-14-15-16-17-19(22)20-18-21;1-7(2)5-9-6-8(3)4/h21H,2-18H2,1H3,(H,20,22);7-8H,5-6H2,1-4H3. The Hall–Kier alpha value is -0.610. The minimum absolute atomic E-state index is 0.0304. The second-order valence-electron chi connectivity index (χ2n) is 9.78. The summed E-state index contributed by atoms with van der Waals surface area (Å²) in [5.74, 6) is 1.31. The molecule has 4 heteroatoms. The SMILES string of the molecule is CC(C)COCC(C)C.CCCCCCCCCCCCCCCCCC(=O)NCO. The maximum Gasteiger partial charge on any atom is 0.221 e. The van der Waals surface area contributed by atoms with Crippen LogP contribution in [0.3, 0.4) is 0 Å². The molecule has 4 nitrogen and oxygen atoms in total. The van der Waals surface area contributed by atoms with E-state index in [0.717, 1.165) is 26.1 Å². The highest BCUT2D eigenvalue weighted by Crippen LogP contribution is 2.13. The average molecular weight is 444 g/mol. The van der Waals surface area contributed by atoms with Crippen molar-refractivity contribution in [2.45, 2.75) is 137 Å². The van der Waals surface area contributed by atoms with Gasteiger partial charge in [-0.05, 0) is 18.3 Å². The molecular formula is C27H57NO3. The number of aliphatic hydroxyl groups is 1. The van der Waals surface area contributed by atoms with Gasteiger partial charge in [-0.3, -0.25) is 4.79 Å². The van der Waals surface area contributed by atoms with Crippen LogP contribution in [0, 0.1) is 11.8 Å². The molecular weight excluding hydrogens is 386 g/mol. The highest BCUT2D eigenvalue weighted by atomic mass is 16.5. The Balaban J connectivity index is 0. The summed E-state index contributed by atoms with van der Waals surface area (Å²) in [7, 11) is 0. The molecule has 0 aliphatic rings. The number of hydrogen-bond acceptors (Lipinski definition) is 3. The largest absolute Gasteiger partial charge is 0.381 e. The lowest BCUT2D eigenvalue weighted by Gasteiger charge is -2.07. The van der Waals surface area contributed by atoms with Crippen LogP contribution in [0.5, 0.6) is 0 Å². The number of aliphatic hydroxyl groups excluding tert-OH is 1. The van der Waals surface area contributed by atoms with Gasteiger partial charge in [0, 0.05) is 19.6 Å². The molecule has 0 heterocycles. The molecule has 0 aromatic heterocycles. The van der Waals surface area contributed by atoms with Crippen molar-refractivity contribution < 1.29 is 14.6 Å². The van der Waals surface area contributed by atoms with Gasteiger partial charge >= 0.3 is 0 Å². The predicted octanol–water partition coefficient (Wildman–Crippen LogP) is 7.63. The Kier molecular flexibility index (Phi) is 28.8. The molecule has 0 aliphatic heterocycles. The molecule has 0 aromatic rings. The molecule has 0 bridgehead atoms. The normalized spacial score (nSPS) is 11.0. The second-order valence-corrected chi connectivity index (χ2v) is 9.78. The van der Waals surface area contributed by atoms with Gasteiger partial charge in [-0.2, -0.15) is 0 Å². The Labute approximate surface area is 195 Å². The third kappa shape index (κ3) is 34.2. The first kappa shape index (κ1) is 32.6. The molecule has 2 N–H and O–H groups in total. The van der Waals surface area contributed by atoms with Gasteiger partial charge in [-0.25, -0.2) is 0 Å². The van der Waals surface area contributed by atoms with Crippen molar-refractivity contribution in [3.63, 3.8) is 0 Å². The van der Waals surface area contributed by atoms with Crippen LogP contribution in [0.4, 0.5) is 0 Å². The van der Waals surface area contributed by atoms with E-state index in [2.05, 4.69) is 39.9 Å². The summed E-state index contributed by atoms with van der Waals surface area (Å²) in [5.41, 5.74) is 0. The van der Waals surface area contributed by atoms with E-state index in [-0.39, 0.29) is 12.6 Å². The first-order chi connectivity index (χ1) is 14.9. The zero-order valence-electron chi connectivity index (χ0n) is 21.9. The molecule has 1 amide bonds. The van der Waals surface area contributed by atoms with Gasteiger partial charge in [0.2, 0.25) is 5.91 Å². The number of hydrogen-bond donors (Lipinski definition) is 2. The molecule has 0 rings (SSSR count). The van der Waals surface area contributed by atoms with Gasteiger partial charge in [-0.15, -0.1) is 0 Å². The van der Waals surface area contributed by atoms with Crippen molar-refractivity contribution in [2.75, 3.05) is 19.9 Å². The van der Waals surface area contributed by atoms with Gasteiger partial charge in [-0.1, -0.05) is 125 Å². The van der Waals surface area contributed by atoms with E-state index in [1.54, 1.807) is 0 Å². The Morgan fingerprint density at radius 2 is 1.03 bits per heavy atom. The van der Waals surface area contributed by atoms with Gasteiger partial charge in [0.1, 0.15) is 6.73 Å². The average Bonchev–Trinajstić information content (AvgIpc) is 2.71. The molecule has 0 unspecified atom stereocenters. The maximum absolute atomic E-state index is 11.1. The van der Waals surface area contributed by atoms with E-state index in [0.29, 0.717) is 18.3 Å². The third-order valence-electron chi connectivity index (χ3n) is 5.19. The lowest BCUT2D eigenvalue weighted by molar-refractivity contribution is -0.122. The third-order valence-corrected chi connectivity index (χ3v) is 5.19. The van der Waals surface area contributed by atoms with E-state index in [9.17, 15) is 4.79 Å². The highest BCUT2D eigenvalue weighted by molar-refractivity contribution is 5.75. The van der Waals surface area contributed by atoms with Crippen LogP contribution in [0.2, 0.25) is 0 Å². The fourth-order valence-corrected chi connectivity index (χ4v) is 3.37. The van der Waals surface area contributed by atoms with Crippen molar-refractivity contribution in [1.29, 1.82) is 0 Å². The lowest BCUT2D eigenvalue weighted by Crippen LogP contribution is -2.23. The molecule has 0 saturated carbocycles. The Morgan fingerprint density at radius 1 is 0.677 bits per heavy atom. The molecule has 0 saturated heterocycles. The number of amides is 1. The molecule has 0 aromatic carbocycles. The quantitative estimate of drug-likeness (QED) is 0.142. The maximum atomic E-state index is 11.1. The first-order valence-corrected chi connectivity index (χ1v) is 13.4. The summed E-state index contributed by atoms with van der Waals surface area (Å²) in [4.78, 5) is 11.1. The molecule has 31 heavy (non-hydrogen) atoms. The van der Waals surface area contributed by atoms with Gasteiger partial charge < -0.3 is 15.2 Å². The second kappa shape index (κ2) is 27.4. The smallest absolute Gasteiger partial charge is 0.221 e. The van der Waals surface area contributed by atoms with Crippen LogP contribution in [0.15, 0.2) is 0 Å². The minimum atomic E-state index is -0.239. The van der Waals surface area contributed by atoms with E-state index >= 15 is 0 Å². The van der Waals surface area contributed by atoms with Crippen LogP contribution in [0.1, 0.15) is 137 Å². The van der Waals surface area contributed by atoms with Crippen LogP contribution in [0.25, 0.3) is 0 Å². The number of carbonyl (C=O) groups excluding carboxylic acids is 1. The van der Waals surface area contributed by atoms with E-state index in [1.165, 1.54) is 83.5 Å².